The summed E-state index contributed by atoms with van der Waals surface area (Å²) in [4.78, 5) is 47.3. The lowest BCUT2D eigenvalue weighted by Crippen LogP contribution is -2.42. The zero-order valence-electron chi connectivity index (χ0n) is 30.8. The van der Waals surface area contributed by atoms with Crippen molar-refractivity contribution in [3.05, 3.63) is 96.1 Å². The molecule has 9 nitrogen and oxygen atoms in total. The van der Waals surface area contributed by atoms with Crippen LogP contribution in [0.1, 0.15) is 89.1 Å². The van der Waals surface area contributed by atoms with Gasteiger partial charge in [-0.1, -0.05) is 55.5 Å². The molecule has 0 spiro atoms. The molecule has 1 unspecified atom stereocenters. The number of benzene rings is 3. The average Bonchev–Trinajstić information content (AvgIpc) is 3.13. The van der Waals surface area contributed by atoms with Gasteiger partial charge in [-0.2, -0.15) is 0 Å². The number of alkyl carbamates (subject to hydrolysis) is 1. The van der Waals surface area contributed by atoms with Gasteiger partial charge < -0.3 is 20.1 Å². The van der Waals surface area contributed by atoms with Crippen LogP contribution in [-0.4, -0.2) is 65.5 Å². The summed E-state index contributed by atoms with van der Waals surface area (Å²) in [6, 6.07) is 26.7. The van der Waals surface area contributed by atoms with E-state index in [1.165, 1.54) is 0 Å². The zero-order valence-corrected chi connectivity index (χ0v) is 30.8. The Bertz CT molecular complexity index is 1680. The SMILES string of the molecule is CCCOc1ccc(-c2cc(C(=O)NC(CCCCNC(=O)OCc3ccccc3)C(=O)CCCN(C(C)C)C(C)C)c3ccccc3n2)cc1. The van der Waals surface area contributed by atoms with Crippen LogP contribution in [0.5, 0.6) is 5.75 Å². The summed E-state index contributed by atoms with van der Waals surface area (Å²) in [5.74, 6) is 0.474. The fourth-order valence-electron chi connectivity index (χ4n) is 6.16. The number of hydrogen-bond acceptors (Lipinski definition) is 7. The highest BCUT2D eigenvalue weighted by atomic mass is 16.5. The highest BCUT2D eigenvalue weighted by Gasteiger charge is 2.24. The van der Waals surface area contributed by atoms with Crippen molar-refractivity contribution in [1.29, 1.82) is 0 Å². The van der Waals surface area contributed by atoms with Gasteiger partial charge in [-0.3, -0.25) is 14.5 Å². The molecule has 2 N–H and O–H groups in total. The summed E-state index contributed by atoms with van der Waals surface area (Å²) in [5, 5.41) is 6.61. The van der Waals surface area contributed by atoms with Crippen molar-refractivity contribution in [2.75, 3.05) is 19.7 Å². The number of fused-ring (bicyclic) bond motifs is 1. The molecule has 3 aromatic carbocycles. The summed E-state index contributed by atoms with van der Waals surface area (Å²) >= 11 is 0. The van der Waals surface area contributed by atoms with E-state index in [0.717, 1.165) is 35.2 Å². The quantitative estimate of drug-likeness (QED) is 0.0895. The Morgan fingerprint density at radius 3 is 2.25 bits per heavy atom. The molecule has 9 heteroatoms. The number of rotatable bonds is 20. The van der Waals surface area contributed by atoms with Gasteiger partial charge in [-0.25, -0.2) is 9.78 Å². The molecule has 1 atom stereocenters. The molecule has 0 fully saturated rings. The van der Waals surface area contributed by atoms with Crippen LogP contribution in [0, 0.1) is 0 Å². The summed E-state index contributed by atoms with van der Waals surface area (Å²) in [6.07, 6.45) is 3.23. The third kappa shape index (κ3) is 12.2. The van der Waals surface area contributed by atoms with Crippen molar-refractivity contribution in [2.45, 2.75) is 97.9 Å². The number of unbranched alkanes of at least 4 members (excludes halogenated alkanes) is 1. The second-order valence-corrected chi connectivity index (χ2v) is 13.5. The third-order valence-electron chi connectivity index (χ3n) is 8.85. The molecule has 0 saturated heterocycles. The summed E-state index contributed by atoms with van der Waals surface area (Å²) in [5.41, 5.74) is 3.60. The van der Waals surface area contributed by atoms with Gasteiger partial charge in [0.25, 0.3) is 5.91 Å². The number of amides is 2. The number of nitrogens with zero attached hydrogens (tertiary/aromatic N) is 2. The smallest absolute Gasteiger partial charge is 0.407 e. The lowest BCUT2D eigenvalue weighted by Gasteiger charge is -2.30. The monoisotopic (exact) mass is 694 g/mol. The Morgan fingerprint density at radius 2 is 1.55 bits per heavy atom. The third-order valence-corrected chi connectivity index (χ3v) is 8.85. The number of Topliss-reactive ketones (excluding diaryl/α,β-unsaturated/α-hetero) is 1. The second-order valence-electron chi connectivity index (χ2n) is 13.5. The topological polar surface area (TPSA) is 110 Å². The van der Waals surface area contributed by atoms with Crippen molar-refractivity contribution < 1.29 is 23.9 Å². The van der Waals surface area contributed by atoms with E-state index in [1.807, 2.05) is 78.9 Å². The maximum absolute atomic E-state index is 14.1. The average molecular weight is 695 g/mol. The number of pyridine rings is 1. The van der Waals surface area contributed by atoms with Gasteiger partial charge in [0.1, 0.15) is 12.4 Å². The van der Waals surface area contributed by atoms with Gasteiger partial charge in [-0.05, 0) is 108 Å². The molecule has 0 aliphatic rings. The first-order chi connectivity index (χ1) is 24.7. The lowest BCUT2D eigenvalue weighted by atomic mass is 9.99. The Kier molecular flexibility index (Phi) is 15.4. The number of carbonyl (C=O) groups excluding carboxylic acids is 3. The van der Waals surface area contributed by atoms with E-state index < -0.39 is 12.1 Å². The van der Waals surface area contributed by atoms with Crippen LogP contribution in [0.25, 0.3) is 22.2 Å². The maximum Gasteiger partial charge on any atom is 0.407 e. The first-order valence-corrected chi connectivity index (χ1v) is 18.3. The first-order valence-electron chi connectivity index (χ1n) is 18.3. The van der Waals surface area contributed by atoms with E-state index >= 15 is 0 Å². The molecule has 4 rings (SSSR count). The van der Waals surface area contributed by atoms with E-state index in [0.29, 0.717) is 74.1 Å². The molecule has 51 heavy (non-hydrogen) atoms. The second kappa shape index (κ2) is 20.2. The van der Waals surface area contributed by atoms with Gasteiger partial charge in [0, 0.05) is 36.0 Å². The van der Waals surface area contributed by atoms with E-state index in [4.69, 9.17) is 14.5 Å². The van der Waals surface area contributed by atoms with Gasteiger partial charge in [0.05, 0.1) is 29.4 Å². The van der Waals surface area contributed by atoms with Crippen LogP contribution in [-0.2, 0) is 16.1 Å². The van der Waals surface area contributed by atoms with Crippen molar-refractivity contribution in [3.8, 4) is 17.0 Å². The minimum Gasteiger partial charge on any atom is -0.494 e. The number of hydrogen-bond donors (Lipinski definition) is 2. The number of aromatic nitrogens is 1. The summed E-state index contributed by atoms with van der Waals surface area (Å²) < 4.78 is 11.1. The largest absolute Gasteiger partial charge is 0.494 e. The molecular formula is C42H54N4O5. The van der Waals surface area contributed by atoms with Crippen LogP contribution in [0.2, 0.25) is 0 Å². The molecular weight excluding hydrogens is 640 g/mol. The molecule has 1 heterocycles. The minimum absolute atomic E-state index is 0.00676. The highest BCUT2D eigenvalue weighted by Crippen LogP contribution is 2.27. The van der Waals surface area contributed by atoms with Gasteiger partial charge in [0.2, 0.25) is 0 Å². The molecule has 0 radical (unpaired) electrons. The molecule has 0 aliphatic heterocycles. The van der Waals surface area contributed by atoms with E-state index in [1.54, 1.807) is 6.07 Å². The molecule has 0 bridgehead atoms. The molecule has 4 aromatic rings. The van der Waals surface area contributed by atoms with Crippen LogP contribution in [0.15, 0.2) is 84.9 Å². The molecule has 2 amide bonds. The minimum atomic E-state index is -0.667. The Balaban J connectivity index is 1.45. The molecule has 0 saturated carbocycles. The van der Waals surface area contributed by atoms with Crippen molar-refractivity contribution >= 4 is 28.7 Å². The fraction of sp³-hybridized carbons (Fsp3) is 0.429. The molecule has 1 aromatic heterocycles. The van der Waals surface area contributed by atoms with Crippen LogP contribution >= 0.6 is 0 Å². The van der Waals surface area contributed by atoms with Crippen LogP contribution in [0.3, 0.4) is 0 Å². The zero-order chi connectivity index (χ0) is 36.6. The Morgan fingerprint density at radius 1 is 0.843 bits per heavy atom. The fourth-order valence-corrected chi connectivity index (χ4v) is 6.16. The highest BCUT2D eigenvalue weighted by molar-refractivity contribution is 6.08. The van der Waals surface area contributed by atoms with Crippen LogP contribution < -0.4 is 15.4 Å². The normalized spacial score (nSPS) is 11.9. The van der Waals surface area contributed by atoms with Crippen molar-refractivity contribution in [3.63, 3.8) is 0 Å². The number of carbonyl (C=O) groups is 3. The Hall–Kier alpha value is -4.76. The standard InChI is InChI=1S/C42H54N4O5/c1-6-27-50-34-23-21-33(22-24-34)39-28-36(35-17-10-11-18-37(35)44-39)41(48)45-38(40(47)20-14-26-46(30(2)3)31(4)5)19-12-13-25-43-42(49)51-29-32-15-8-7-9-16-32/h7-11,15-18,21-24,28,30-31,38H,6,12-14,19-20,25-27,29H2,1-5H3,(H,43,49)(H,45,48). The maximum atomic E-state index is 14.1. The number of para-hydroxylation sites is 1. The number of ketones is 1. The first kappa shape index (κ1) is 39.0. The number of ether oxygens (including phenoxy) is 2. The predicted molar refractivity (Wildman–Crippen MR) is 204 cm³/mol. The number of nitrogens with one attached hydrogen (secondary N) is 2. The van der Waals surface area contributed by atoms with Crippen LogP contribution in [0.4, 0.5) is 4.79 Å². The molecule has 0 aliphatic carbocycles. The Labute approximate surface area is 303 Å². The van der Waals surface area contributed by atoms with E-state index in [-0.39, 0.29) is 18.3 Å². The molecule has 272 valence electrons. The van der Waals surface area contributed by atoms with Gasteiger partial charge in [-0.15, -0.1) is 0 Å². The summed E-state index contributed by atoms with van der Waals surface area (Å²) in [6.45, 7) is 12.8. The van der Waals surface area contributed by atoms with E-state index in [2.05, 4.69) is 50.2 Å². The van der Waals surface area contributed by atoms with Crippen molar-refractivity contribution in [1.82, 2.24) is 20.5 Å². The predicted octanol–water partition coefficient (Wildman–Crippen LogP) is 8.35. The lowest BCUT2D eigenvalue weighted by molar-refractivity contribution is -0.121. The van der Waals surface area contributed by atoms with Gasteiger partial charge >= 0.3 is 6.09 Å². The van der Waals surface area contributed by atoms with E-state index in [9.17, 15) is 14.4 Å². The van der Waals surface area contributed by atoms with Crippen molar-refractivity contribution in [2.24, 2.45) is 0 Å². The van der Waals surface area contributed by atoms with Gasteiger partial charge in [0.15, 0.2) is 5.78 Å². The summed E-state index contributed by atoms with van der Waals surface area (Å²) in [7, 11) is 0.